The molecule has 5 atom stereocenters. The molecule has 7 amide bonds. The minimum Gasteiger partial charge on any atom is -0.445 e. The first kappa shape index (κ1) is 51.3. The molecule has 0 saturated carbocycles. The molecule has 1 aliphatic heterocycles. The number of ketones is 2. The van der Waals surface area contributed by atoms with Gasteiger partial charge in [0.05, 0.1) is 17.3 Å². The molecule has 1 aromatic rings. The van der Waals surface area contributed by atoms with E-state index in [-0.39, 0.29) is 97.5 Å². The van der Waals surface area contributed by atoms with Gasteiger partial charge in [0.15, 0.2) is 11.6 Å². The van der Waals surface area contributed by atoms with Crippen molar-refractivity contribution in [2.75, 3.05) is 31.7 Å². The van der Waals surface area contributed by atoms with Crippen molar-refractivity contribution in [2.45, 2.75) is 123 Å². The van der Waals surface area contributed by atoms with Gasteiger partial charge in [-0.1, -0.05) is 60.1 Å². The number of Topliss-reactive ketones (excluding diaryl/α,β-unsaturated/α-hetero) is 2. The monoisotopic (exact) mass is 858 g/mol. The number of nitrogens with one attached hydrogen (secondary N) is 3. The van der Waals surface area contributed by atoms with Gasteiger partial charge in [0.2, 0.25) is 23.6 Å². The highest BCUT2D eigenvalue weighted by molar-refractivity contribution is 8.00. The highest BCUT2D eigenvalue weighted by Crippen LogP contribution is 2.24. The van der Waals surface area contributed by atoms with Crippen LogP contribution in [0.2, 0.25) is 0 Å². The number of likely N-dealkylation sites (N-methyl/N-ethyl adjacent to an activating group) is 1. The topological polar surface area (TPSA) is 231 Å². The first-order chi connectivity index (χ1) is 28.3. The van der Waals surface area contributed by atoms with Crippen molar-refractivity contribution in [1.82, 2.24) is 20.4 Å². The average Bonchev–Trinajstić information content (AvgIpc) is 3.46. The number of rotatable bonds is 27. The minimum atomic E-state index is -0.844. The molecule has 1 fully saturated rings. The molecule has 16 nitrogen and oxygen atoms in total. The summed E-state index contributed by atoms with van der Waals surface area (Å²) in [5.74, 6) is -3.38. The average molecular weight is 859 g/mol. The summed E-state index contributed by atoms with van der Waals surface area (Å²) >= 11 is 1.36. The van der Waals surface area contributed by atoms with E-state index in [1.165, 1.54) is 28.6 Å². The van der Waals surface area contributed by atoms with E-state index in [9.17, 15) is 43.2 Å². The van der Waals surface area contributed by atoms with Crippen LogP contribution < -0.4 is 21.7 Å². The van der Waals surface area contributed by atoms with Crippen LogP contribution in [0, 0.1) is 29.6 Å². The van der Waals surface area contributed by atoms with Crippen molar-refractivity contribution in [3.05, 3.63) is 29.8 Å². The fourth-order valence-electron chi connectivity index (χ4n) is 7.04. The number of amides is 7. The summed E-state index contributed by atoms with van der Waals surface area (Å²) in [5, 5.41) is 7.83. The number of hydrogen-bond donors (Lipinski definition) is 4. The van der Waals surface area contributed by atoms with Gasteiger partial charge in [-0.05, 0) is 67.4 Å². The molecule has 0 bridgehead atoms. The van der Waals surface area contributed by atoms with Gasteiger partial charge in [0.25, 0.3) is 0 Å². The molecule has 334 valence electrons. The smallest absolute Gasteiger partial charge is 0.410 e. The molecule has 0 spiro atoms. The maximum atomic E-state index is 13.7. The number of hydrogen-bond acceptors (Lipinski definition) is 11. The second kappa shape index (κ2) is 25.7. The van der Waals surface area contributed by atoms with Crippen LogP contribution in [-0.4, -0.2) is 107 Å². The lowest BCUT2D eigenvalue weighted by atomic mass is 9.87. The van der Waals surface area contributed by atoms with Gasteiger partial charge >= 0.3 is 12.1 Å². The maximum absolute atomic E-state index is 13.7. The molecule has 1 aliphatic rings. The van der Waals surface area contributed by atoms with Gasteiger partial charge < -0.3 is 36.1 Å². The highest BCUT2D eigenvalue weighted by Gasteiger charge is 2.37. The van der Waals surface area contributed by atoms with Crippen LogP contribution in [0.4, 0.5) is 15.3 Å². The van der Waals surface area contributed by atoms with Gasteiger partial charge in [-0.25, -0.2) is 9.59 Å². The molecule has 0 aliphatic carbocycles. The fourth-order valence-corrected chi connectivity index (χ4v) is 7.68. The zero-order chi connectivity index (χ0) is 45.1. The molecule has 2 rings (SSSR count). The van der Waals surface area contributed by atoms with Crippen LogP contribution in [0.1, 0.15) is 105 Å². The van der Waals surface area contributed by atoms with Crippen LogP contribution >= 0.6 is 11.8 Å². The quantitative estimate of drug-likeness (QED) is 0.0530. The molecule has 1 saturated heterocycles. The van der Waals surface area contributed by atoms with Crippen LogP contribution in [0.25, 0.3) is 0 Å². The summed E-state index contributed by atoms with van der Waals surface area (Å²) in [6.45, 7) is 11.4. The number of carbonyl (C=O) groups is 9. The Morgan fingerprint density at radius 3 is 2.13 bits per heavy atom. The van der Waals surface area contributed by atoms with E-state index in [4.69, 9.17) is 10.5 Å². The summed E-state index contributed by atoms with van der Waals surface area (Å²) in [6, 6.07) is 4.26. The summed E-state index contributed by atoms with van der Waals surface area (Å²) in [6.07, 6.45) is 4.39. The van der Waals surface area contributed by atoms with E-state index >= 15 is 0 Å². The highest BCUT2D eigenvalue weighted by atomic mass is 32.2. The van der Waals surface area contributed by atoms with E-state index in [1.807, 2.05) is 27.7 Å². The normalized spacial score (nSPS) is 16.0. The van der Waals surface area contributed by atoms with Gasteiger partial charge in [0.1, 0.15) is 12.9 Å². The number of primary amides is 1. The number of aldehydes is 1. The van der Waals surface area contributed by atoms with Gasteiger partial charge in [-0.2, -0.15) is 11.8 Å². The Kier molecular flexibility index (Phi) is 22.0. The van der Waals surface area contributed by atoms with Gasteiger partial charge in [-0.3, -0.25) is 33.7 Å². The lowest BCUT2D eigenvalue weighted by molar-refractivity contribution is -0.138. The number of carbonyl (C=O) groups excluding carboxylic acids is 9. The summed E-state index contributed by atoms with van der Waals surface area (Å²) in [4.78, 5) is 116. The predicted octanol–water partition coefficient (Wildman–Crippen LogP) is 4.86. The Hall–Kier alpha value is -4.80. The second-order valence-electron chi connectivity index (χ2n) is 16.5. The van der Waals surface area contributed by atoms with Crippen molar-refractivity contribution in [2.24, 2.45) is 35.3 Å². The standard InChI is InChI=1S/C43H66N6O10S/c1-26(2)31(24-50)22-34(52)39(28(5)6)48(7)43(58)59-25-29-15-17-32(18-16-29)46-40(55)30(13-12-19-45-42(44)57)21-33(51)38(27(3)4)47-36(53)14-10-9-11-20-49-37(54)23-35(60-8)41(49)56/h15-18,24,26-28,30-31,35,38-39H,9-14,19-23,25H2,1-8H3,(H,46,55)(H,47,53)(H3,44,45,57)/t30-,31-,35?,38+,39+/m1/s1. The van der Waals surface area contributed by atoms with Crippen molar-refractivity contribution in [3.8, 4) is 0 Å². The first-order valence-corrected chi connectivity index (χ1v) is 22.1. The number of imide groups is 1. The van der Waals surface area contributed by atoms with Crippen LogP contribution in [0.15, 0.2) is 24.3 Å². The fraction of sp³-hybridized carbons (Fsp3) is 0.651. The number of anilines is 1. The number of likely N-dealkylation sites (tertiary alicyclic amines) is 1. The molecule has 17 heteroatoms. The molecule has 1 aromatic carbocycles. The molecular formula is C43H66N6O10S. The Labute approximate surface area is 358 Å². The number of benzene rings is 1. The second-order valence-corrected chi connectivity index (χ2v) is 17.5. The molecule has 1 heterocycles. The van der Waals surface area contributed by atoms with E-state index < -0.39 is 42.0 Å². The molecule has 60 heavy (non-hydrogen) atoms. The number of thioether (sulfide) groups is 1. The third-order valence-corrected chi connectivity index (χ3v) is 11.6. The van der Waals surface area contributed by atoms with E-state index in [1.54, 1.807) is 44.4 Å². The third kappa shape index (κ3) is 16.7. The van der Waals surface area contributed by atoms with Crippen LogP contribution in [0.3, 0.4) is 0 Å². The first-order valence-electron chi connectivity index (χ1n) is 20.8. The van der Waals surface area contributed by atoms with Crippen molar-refractivity contribution < 1.29 is 47.9 Å². The van der Waals surface area contributed by atoms with Crippen LogP contribution in [-0.2, 0) is 44.9 Å². The largest absolute Gasteiger partial charge is 0.445 e. The Balaban J connectivity index is 2.00. The van der Waals surface area contributed by atoms with E-state index in [2.05, 4.69) is 16.0 Å². The lowest BCUT2D eigenvalue weighted by Gasteiger charge is -2.30. The Morgan fingerprint density at radius 2 is 1.58 bits per heavy atom. The summed E-state index contributed by atoms with van der Waals surface area (Å²) < 4.78 is 5.51. The Morgan fingerprint density at radius 1 is 0.917 bits per heavy atom. The van der Waals surface area contributed by atoms with Gasteiger partial charge in [0, 0.05) is 63.3 Å². The van der Waals surface area contributed by atoms with Crippen LogP contribution in [0.5, 0.6) is 0 Å². The number of unbranched alkanes of at least 4 members (excludes halogenated alkanes) is 2. The SMILES string of the molecule is CSC1CC(=O)N(CCCCCC(=O)N[C@H](C(=O)C[C@@H](CCCNC(N)=O)C(=O)Nc2ccc(COC(=O)N(C)[C@H](C(=O)C[C@H](C=O)C(C)C)C(C)C)cc2)C(C)C)C1=O. The molecular weight excluding hydrogens is 793 g/mol. The number of ether oxygens (including phenoxy) is 1. The minimum absolute atomic E-state index is 0.0163. The maximum Gasteiger partial charge on any atom is 0.410 e. The zero-order valence-electron chi connectivity index (χ0n) is 36.5. The third-order valence-electron chi connectivity index (χ3n) is 10.7. The van der Waals surface area contributed by atoms with E-state index in [0.29, 0.717) is 43.5 Å². The molecule has 0 aromatic heterocycles. The van der Waals surface area contributed by atoms with Crippen molar-refractivity contribution in [1.29, 1.82) is 0 Å². The summed E-state index contributed by atoms with van der Waals surface area (Å²) in [5.41, 5.74) is 6.24. The van der Waals surface area contributed by atoms with Crippen molar-refractivity contribution >= 4 is 71.1 Å². The number of nitrogens with zero attached hydrogens (tertiary/aromatic N) is 2. The predicted molar refractivity (Wildman–Crippen MR) is 229 cm³/mol. The zero-order valence-corrected chi connectivity index (χ0v) is 37.3. The molecule has 1 unspecified atom stereocenters. The van der Waals surface area contributed by atoms with Crippen molar-refractivity contribution in [3.63, 3.8) is 0 Å². The Bertz CT molecular complexity index is 1650. The lowest BCUT2D eigenvalue weighted by Crippen LogP contribution is -2.46. The molecule has 5 N–H and O–H groups in total. The summed E-state index contributed by atoms with van der Waals surface area (Å²) in [7, 11) is 1.49. The number of urea groups is 1. The number of nitrogens with two attached hydrogens (primary N) is 1. The molecule has 0 radical (unpaired) electrons. The van der Waals surface area contributed by atoms with E-state index in [0.717, 1.165) is 6.29 Å². The van der Waals surface area contributed by atoms with Gasteiger partial charge in [-0.15, -0.1) is 0 Å².